The number of hydrogen-bond donors (Lipinski definition) is 1. The first-order chi connectivity index (χ1) is 14.5. The fraction of sp³-hybridized carbons (Fsp3) is 0.391. The molecule has 0 saturated carbocycles. The average Bonchev–Trinajstić information content (AvgIpc) is 2.76. The fourth-order valence-electron chi connectivity index (χ4n) is 3.70. The minimum Gasteiger partial charge on any atom is -0.325 e. The highest BCUT2D eigenvalue weighted by atomic mass is 19.1. The Morgan fingerprint density at radius 1 is 1.03 bits per heavy atom. The summed E-state index contributed by atoms with van der Waals surface area (Å²) in [6.45, 7) is 7.71. The van der Waals surface area contributed by atoms with E-state index in [2.05, 4.69) is 15.1 Å². The van der Waals surface area contributed by atoms with Crippen molar-refractivity contribution in [2.24, 2.45) is 0 Å². The SMILES string of the molecule is CCN(C(=O)[C@H](C)N1CCN(CC(=O)Nc2ccc(F)cc2)CC1)c1ccccc1. The number of likely N-dealkylation sites (N-methyl/N-ethyl adjacent to an activating group) is 1. The largest absolute Gasteiger partial charge is 0.325 e. The number of nitrogens with one attached hydrogen (secondary N) is 1. The number of carbonyl (C=O) groups is 2. The molecule has 0 bridgehead atoms. The Labute approximate surface area is 177 Å². The smallest absolute Gasteiger partial charge is 0.244 e. The molecular weight excluding hydrogens is 383 g/mol. The second kappa shape index (κ2) is 10.3. The van der Waals surface area contributed by atoms with Crippen molar-refractivity contribution in [1.82, 2.24) is 9.80 Å². The lowest BCUT2D eigenvalue weighted by atomic mass is 10.1. The third-order valence-electron chi connectivity index (χ3n) is 5.46. The van der Waals surface area contributed by atoms with E-state index in [1.54, 1.807) is 12.1 Å². The first kappa shape index (κ1) is 21.9. The van der Waals surface area contributed by atoms with Gasteiger partial charge in [-0.25, -0.2) is 4.39 Å². The Kier molecular flexibility index (Phi) is 7.54. The summed E-state index contributed by atoms with van der Waals surface area (Å²) in [7, 11) is 0. The third kappa shape index (κ3) is 5.64. The number of benzene rings is 2. The van der Waals surface area contributed by atoms with Crippen LogP contribution in [0.15, 0.2) is 54.6 Å². The second-order valence-corrected chi connectivity index (χ2v) is 7.46. The van der Waals surface area contributed by atoms with E-state index < -0.39 is 0 Å². The van der Waals surface area contributed by atoms with Gasteiger partial charge in [0, 0.05) is 44.1 Å². The molecule has 1 saturated heterocycles. The highest BCUT2D eigenvalue weighted by Crippen LogP contribution is 2.17. The van der Waals surface area contributed by atoms with E-state index in [9.17, 15) is 14.0 Å². The van der Waals surface area contributed by atoms with Gasteiger partial charge in [0.1, 0.15) is 5.82 Å². The van der Waals surface area contributed by atoms with Crippen LogP contribution in [0.2, 0.25) is 0 Å². The standard InChI is InChI=1S/C23H29FN4O2/c1-3-28(21-7-5-4-6-8-21)23(30)18(2)27-15-13-26(14-16-27)17-22(29)25-20-11-9-19(24)10-12-20/h4-12,18H,3,13-17H2,1-2H3,(H,25,29)/t18-/m0/s1. The Hall–Kier alpha value is -2.77. The van der Waals surface area contributed by atoms with E-state index in [0.29, 0.717) is 25.3 Å². The van der Waals surface area contributed by atoms with Crippen LogP contribution in [0.1, 0.15) is 13.8 Å². The van der Waals surface area contributed by atoms with Crippen LogP contribution >= 0.6 is 0 Å². The number of halogens is 1. The topological polar surface area (TPSA) is 55.9 Å². The van der Waals surface area contributed by atoms with Gasteiger partial charge >= 0.3 is 0 Å². The van der Waals surface area contributed by atoms with Crippen LogP contribution in [0.5, 0.6) is 0 Å². The minimum atomic E-state index is -0.332. The van der Waals surface area contributed by atoms with Crippen LogP contribution in [0.4, 0.5) is 15.8 Å². The molecule has 0 spiro atoms. The predicted molar refractivity (Wildman–Crippen MR) is 117 cm³/mol. The zero-order valence-corrected chi connectivity index (χ0v) is 17.6. The molecule has 2 amide bonds. The molecule has 1 heterocycles. The van der Waals surface area contributed by atoms with Gasteiger partial charge in [0.2, 0.25) is 11.8 Å². The van der Waals surface area contributed by atoms with Crippen LogP contribution in [-0.2, 0) is 9.59 Å². The van der Waals surface area contributed by atoms with Crippen molar-refractivity contribution in [2.45, 2.75) is 19.9 Å². The molecule has 1 N–H and O–H groups in total. The van der Waals surface area contributed by atoms with Crippen LogP contribution in [-0.4, -0.2) is 66.9 Å². The molecule has 1 aliphatic heterocycles. The molecular formula is C23H29FN4O2. The number of carbonyl (C=O) groups excluding carboxylic acids is 2. The van der Waals surface area contributed by atoms with Gasteiger partial charge in [-0.1, -0.05) is 18.2 Å². The van der Waals surface area contributed by atoms with Gasteiger partial charge in [0.05, 0.1) is 12.6 Å². The zero-order chi connectivity index (χ0) is 21.5. The van der Waals surface area contributed by atoms with Crippen molar-refractivity contribution in [1.29, 1.82) is 0 Å². The van der Waals surface area contributed by atoms with Crippen LogP contribution < -0.4 is 10.2 Å². The summed E-state index contributed by atoms with van der Waals surface area (Å²) >= 11 is 0. The molecule has 7 heteroatoms. The second-order valence-electron chi connectivity index (χ2n) is 7.46. The van der Waals surface area contributed by atoms with Crippen molar-refractivity contribution in [2.75, 3.05) is 49.5 Å². The minimum absolute atomic E-state index is 0.0891. The quantitative estimate of drug-likeness (QED) is 0.760. The molecule has 2 aromatic carbocycles. The number of hydrogen-bond acceptors (Lipinski definition) is 4. The Morgan fingerprint density at radius 3 is 2.27 bits per heavy atom. The van der Waals surface area contributed by atoms with E-state index in [4.69, 9.17) is 0 Å². The molecule has 1 aliphatic rings. The molecule has 0 unspecified atom stereocenters. The number of para-hydroxylation sites is 1. The maximum Gasteiger partial charge on any atom is 0.244 e. The lowest BCUT2D eigenvalue weighted by Gasteiger charge is -2.38. The fourth-order valence-corrected chi connectivity index (χ4v) is 3.70. The Morgan fingerprint density at radius 2 is 1.67 bits per heavy atom. The Balaban J connectivity index is 1.48. The van der Waals surface area contributed by atoms with E-state index >= 15 is 0 Å². The molecule has 0 aliphatic carbocycles. The summed E-state index contributed by atoms with van der Waals surface area (Å²) in [6.07, 6.45) is 0. The summed E-state index contributed by atoms with van der Waals surface area (Å²) in [4.78, 5) is 31.3. The van der Waals surface area contributed by atoms with Crippen molar-refractivity contribution >= 4 is 23.2 Å². The first-order valence-electron chi connectivity index (χ1n) is 10.4. The highest BCUT2D eigenvalue weighted by Gasteiger charge is 2.29. The summed E-state index contributed by atoms with van der Waals surface area (Å²) in [5.41, 5.74) is 1.49. The number of nitrogens with zero attached hydrogens (tertiary/aromatic N) is 3. The van der Waals surface area contributed by atoms with Gasteiger partial charge in [-0.15, -0.1) is 0 Å². The van der Waals surface area contributed by atoms with E-state index in [1.165, 1.54) is 12.1 Å². The molecule has 2 aromatic rings. The monoisotopic (exact) mass is 412 g/mol. The summed E-state index contributed by atoms with van der Waals surface area (Å²) < 4.78 is 13.0. The lowest BCUT2D eigenvalue weighted by Crippen LogP contribution is -2.55. The summed E-state index contributed by atoms with van der Waals surface area (Å²) in [6, 6.07) is 15.2. The van der Waals surface area contributed by atoms with E-state index in [0.717, 1.165) is 18.8 Å². The number of piperazine rings is 1. The molecule has 6 nitrogen and oxygen atoms in total. The van der Waals surface area contributed by atoms with Gasteiger partial charge in [-0.2, -0.15) is 0 Å². The normalized spacial score (nSPS) is 16.1. The highest BCUT2D eigenvalue weighted by molar-refractivity contribution is 5.97. The summed E-state index contributed by atoms with van der Waals surface area (Å²) in [5.74, 6) is -0.367. The number of amides is 2. The molecule has 1 atom stereocenters. The predicted octanol–water partition coefficient (Wildman–Crippen LogP) is 2.82. The number of rotatable bonds is 7. The molecule has 160 valence electrons. The van der Waals surface area contributed by atoms with Crippen LogP contribution in [0, 0.1) is 5.82 Å². The van der Waals surface area contributed by atoms with Crippen molar-refractivity contribution < 1.29 is 14.0 Å². The maximum atomic E-state index is 13.0. The molecule has 1 fully saturated rings. The van der Waals surface area contributed by atoms with Gasteiger partial charge in [0.25, 0.3) is 0 Å². The van der Waals surface area contributed by atoms with Gasteiger partial charge in [-0.05, 0) is 50.2 Å². The lowest BCUT2D eigenvalue weighted by molar-refractivity contribution is -0.124. The van der Waals surface area contributed by atoms with Crippen molar-refractivity contribution in [3.63, 3.8) is 0 Å². The van der Waals surface area contributed by atoms with E-state index in [1.807, 2.05) is 49.1 Å². The zero-order valence-electron chi connectivity index (χ0n) is 17.6. The third-order valence-corrected chi connectivity index (χ3v) is 5.46. The van der Waals surface area contributed by atoms with Crippen LogP contribution in [0.3, 0.4) is 0 Å². The molecule has 0 aromatic heterocycles. The van der Waals surface area contributed by atoms with Gasteiger partial charge in [0.15, 0.2) is 0 Å². The van der Waals surface area contributed by atoms with Gasteiger partial charge in [-0.3, -0.25) is 19.4 Å². The average molecular weight is 413 g/mol. The first-order valence-corrected chi connectivity index (χ1v) is 10.4. The number of anilines is 2. The maximum absolute atomic E-state index is 13.0. The van der Waals surface area contributed by atoms with E-state index in [-0.39, 0.29) is 30.2 Å². The van der Waals surface area contributed by atoms with Gasteiger partial charge < -0.3 is 10.2 Å². The Bertz CT molecular complexity index is 836. The van der Waals surface area contributed by atoms with Crippen molar-refractivity contribution in [3.8, 4) is 0 Å². The molecule has 0 radical (unpaired) electrons. The van der Waals surface area contributed by atoms with Crippen LogP contribution in [0.25, 0.3) is 0 Å². The molecule has 30 heavy (non-hydrogen) atoms. The molecule has 3 rings (SSSR count). The van der Waals surface area contributed by atoms with Crippen molar-refractivity contribution in [3.05, 3.63) is 60.4 Å². The summed E-state index contributed by atoms with van der Waals surface area (Å²) in [5, 5.41) is 2.79.